The maximum atomic E-state index is 11.1. The van der Waals surface area contributed by atoms with E-state index in [-0.39, 0.29) is 11.4 Å². The van der Waals surface area contributed by atoms with Crippen LogP contribution in [-0.4, -0.2) is 9.85 Å². The third kappa shape index (κ3) is 3.27. The lowest BCUT2D eigenvalue weighted by Gasteiger charge is -2.08. The van der Waals surface area contributed by atoms with E-state index in [1.54, 1.807) is 24.3 Å². The Labute approximate surface area is 123 Å². The molecule has 9 heteroatoms. The van der Waals surface area contributed by atoms with E-state index in [2.05, 4.69) is 5.43 Å². The molecule has 0 amide bonds. The number of hydrazine groups is 1. The summed E-state index contributed by atoms with van der Waals surface area (Å²) in [5.41, 5.74) is 2.46. The number of benzene rings is 2. The Morgan fingerprint density at radius 1 is 1.00 bits per heavy atom. The largest absolute Gasteiger partial charge is 0.323 e. The summed E-state index contributed by atoms with van der Waals surface area (Å²) in [4.78, 5) is 21.4. The fourth-order valence-electron chi connectivity index (χ4n) is 1.64. The van der Waals surface area contributed by atoms with Crippen LogP contribution in [0.4, 0.5) is 17.1 Å². The molecule has 0 atom stereocenters. The van der Waals surface area contributed by atoms with Gasteiger partial charge in [0, 0.05) is 11.0 Å². The Morgan fingerprint density at radius 2 is 1.71 bits per heavy atom. The molecule has 0 aromatic heterocycles. The van der Waals surface area contributed by atoms with Gasteiger partial charge >= 0.3 is 0 Å². The van der Waals surface area contributed by atoms with Crippen molar-refractivity contribution >= 4 is 28.8 Å². The molecule has 0 unspecified atom stereocenters. The summed E-state index contributed by atoms with van der Waals surface area (Å²) in [7, 11) is 0. The zero-order chi connectivity index (χ0) is 15.4. The Morgan fingerprint density at radius 3 is 2.33 bits per heavy atom. The highest BCUT2D eigenvalue weighted by atomic mass is 32.2. The van der Waals surface area contributed by atoms with Gasteiger partial charge in [-0.1, -0.05) is 23.9 Å². The Balaban J connectivity index is 2.44. The van der Waals surface area contributed by atoms with E-state index in [1.807, 2.05) is 0 Å². The van der Waals surface area contributed by atoms with E-state index in [1.165, 1.54) is 12.1 Å². The van der Waals surface area contributed by atoms with E-state index >= 15 is 0 Å². The van der Waals surface area contributed by atoms with Crippen molar-refractivity contribution in [2.45, 2.75) is 9.79 Å². The third-order valence-electron chi connectivity index (χ3n) is 2.61. The predicted octanol–water partition coefficient (Wildman–Crippen LogP) is 2.94. The number of nitro benzene ring substituents is 2. The van der Waals surface area contributed by atoms with Crippen LogP contribution in [0.15, 0.2) is 52.3 Å². The summed E-state index contributed by atoms with van der Waals surface area (Å²) < 4.78 is 0. The van der Waals surface area contributed by atoms with E-state index in [9.17, 15) is 20.2 Å². The molecule has 8 nitrogen and oxygen atoms in total. The van der Waals surface area contributed by atoms with Gasteiger partial charge in [-0.15, -0.1) is 0 Å². The quantitative estimate of drug-likeness (QED) is 0.494. The molecule has 0 saturated heterocycles. The minimum absolute atomic E-state index is 0.299. The summed E-state index contributed by atoms with van der Waals surface area (Å²) in [5.74, 6) is 5.38. The van der Waals surface area contributed by atoms with Crippen LogP contribution in [0.5, 0.6) is 0 Å². The summed E-state index contributed by atoms with van der Waals surface area (Å²) in [6.45, 7) is 0. The van der Waals surface area contributed by atoms with Crippen LogP contribution < -0.4 is 11.3 Å². The highest BCUT2D eigenvalue weighted by Gasteiger charge is 2.20. The van der Waals surface area contributed by atoms with Gasteiger partial charge in [0.05, 0.1) is 26.5 Å². The number of nitrogens with zero attached hydrogens (tertiary/aromatic N) is 2. The number of hydrogen-bond donors (Lipinski definition) is 2. The zero-order valence-corrected chi connectivity index (χ0v) is 11.4. The topological polar surface area (TPSA) is 124 Å². The lowest BCUT2D eigenvalue weighted by atomic mass is 10.3. The fraction of sp³-hybridized carbons (Fsp3) is 0. The van der Waals surface area contributed by atoms with Crippen LogP contribution in [0.1, 0.15) is 0 Å². The Hall–Kier alpha value is -2.65. The van der Waals surface area contributed by atoms with Crippen LogP contribution in [0.25, 0.3) is 0 Å². The van der Waals surface area contributed by atoms with Crippen LogP contribution in [0, 0.1) is 20.2 Å². The van der Waals surface area contributed by atoms with Gasteiger partial charge in [0.25, 0.3) is 11.4 Å². The highest BCUT2D eigenvalue weighted by Crippen LogP contribution is 2.39. The number of nitrogen functional groups attached to an aromatic ring is 1. The molecule has 108 valence electrons. The van der Waals surface area contributed by atoms with Crippen molar-refractivity contribution in [3.63, 3.8) is 0 Å². The fourth-order valence-corrected chi connectivity index (χ4v) is 2.64. The van der Waals surface area contributed by atoms with Crippen molar-refractivity contribution < 1.29 is 9.85 Å². The van der Waals surface area contributed by atoms with E-state index in [0.29, 0.717) is 15.5 Å². The molecule has 0 aliphatic carbocycles. The second-order valence-corrected chi connectivity index (χ2v) is 4.99. The number of nitrogens with two attached hydrogens (primary N) is 1. The maximum Gasteiger partial charge on any atom is 0.290 e. The number of para-hydroxylation sites is 1. The van der Waals surface area contributed by atoms with Gasteiger partial charge in [0.2, 0.25) is 0 Å². The molecule has 0 spiro atoms. The first-order valence-electron chi connectivity index (χ1n) is 5.69. The minimum Gasteiger partial charge on any atom is -0.323 e. The molecule has 0 aliphatic heterocycles. The highest BCUT2D eigenvalue weighted by molar-refractivity contribution is 7.99. The SMILES string of the molecule is NNc1ccccc1Sc1ccc([N+](=O)[O-])cc1[N+](=O)[O-]. The Bertz CT molecular complexity index is 707. The molecule has 0 radical (unpaired) electrons. The summed E-state index contributed by atoms with van der Waals surface area (Å²) >= 11 is 1.11. The molecule has 21 heavy (non-hydrogen) atoms. The van der Waals surface area contributed by atoms with Crippen molar-refractivity contribution in [1.82, 2.24) is 0 Å². The standard InChI is InChI=1S/C12H10N4O4S/c13-14-9-3-1-2-4-11(9)21-12-6-5-8(15(17)18)7-10(12)16(19)20/h1-7,14H,13H2. The first-order chi connectivity index (χ1) is 10.0. The van der Waals surface area contributed by atoms with Gasteiger partial charge < -0.3 is 5.43 Å². The van der Waals surface area contributed by atoms with Gasteiger partial charge in [-0.25, -0.2) is 0 Å². The molecule has 0 heterocycles. The second-order valence-electron chi connectivity index (χ2n) is 3.91. The molecule has 2 aromatic rings. The number of rotatable bonds is 5. The van der Waals surface area contributed by atoms with Crippen molar-refractivity contribution in [2.24, 2.45) is 5.84 Å². The number of anilines is 1. The smallest absolute Gasteiger partial charge is 0.290 e. The molecule has 3 N–H and O–H groups in total. The van der Waals surface area contributed by atoms with Crippen molar-refractivity contribution in [3.05, 3.63) is 62.7 Å². The lowest BCUT2D eigenvalue weighted by molar-refractivity contribution is -0.396. The maximum absolute atomic E-state index is 11.1. The van der Waals surface area contributed by atoms with Crippen molar-refractivity contribution in [2.75, 3.05) is 5.43 Å². The predicted molar refractivity (Wildman–Crippen MR) is 78.1 cm³/mol. The van der Waals surface area contributed by atoms with E-state index < -0.39 is 9.85 Å². The van der Waals surface area contributed by atoms with Crippen LogP contribution >= 0.6 is 11.8 Å². The number of nitro groups is 2. The van der Waals surface area contributed by atoms with Crippen LogP contribution in [0.3, 0.4) is 0 Å². The molecule has 2 aromatic carbocycles. The molecule has 0 aliphatic rings. The summed E-state index contributed by atoms with van der Waals surface area (Å²) in [6, 6.07) is 10.5. The first kappa shape index (κ1) is 14.8. The van der Waals surface area contributed by atoms with Crippen molar-refractivity contribution in [3.8, 4) is 0 Å². The normalized spacial score (nSPS) is 10.1. The van der Waals surface area contributed by atoms with Gasteiger partial charge in [0.1, 0.15) is 0 Å². The van der Waals surface area contributed by atoms with E-state index in [4.69, 9.17) is 5.84 Å². The summed E-state index contributed by atoms with van der Waals surface area (Å²) in [5, 5.41) is 21.8. The van der Waals surface area contributed by atoms with Crippen molar-refractivity contribution in [1.29, 1.82) is 0 Å². The summed E-state index contributed by atoms with van der Waals surface area (Å²) in [6.07, 6.45) is 0. The molecule has 0 fully saturated rings. The van der Waals surface area contributed by atoms with Gasteiger partial charge in [-0.2, -0.15) is 0 Å². The number of hydrogen-bond acceptors (Lipinski definition) is 7. The number of non-ortho nitro benzene ring substituents is 1. The van der Waals surface area contributed by atoms with Crippen LogP contribution in [0.2, 0.25) is 0 Å². The average Bonchev–Trinajstić information content (AvgIpc) is 2.47. The van der Waals surface area contributed by atoms with Gasteiger partial charge in [-0.05, 0) is 18.2 Å². The third-order valence-corrected chi connectivity index (χ3v) is 3.75. The first-order valence-corrected chi connectivity index (χ1v) is 6.51. The van der Waals surface area contributed by atoms with Gasteiger partial charge in [-0.3, -0.25) is 26.1 Å². The average molecular weight is 306 g/mol. The van der Waals surface area contributed by atoms with E-state index in [0.717, 1.165) is 17.8 Å². The zero-order valence-electron chi connectivity index (χ0n) is 10.6. The minimum atomic E-state index is -0.670. The molecule has 0 saturated carbocycles. The molecule has 0 bridgehead atoms. The molecular formula is C12H10N4O4S. The molecular weight excluding hydrogens is 296 g/mol. The Kier molecular flexibility index (Phi) is 4.36. The number of nitrogens with one attached hydrogen (secondary N) is 1. The lowest BCUT2D eigenvalue weighted by Crippen LogP contribution is -2.07. The monoisotopic (exact) mass is 306 g/mol. The van der Waals surface area contributed by atoms with Gasteiger partial charge in [0.15, 0.2) is 0 Å². The molecule has 2 rings (SSSR count). The second kappa shape index (κ2) is 6.20. The van der Waals surface area contributed by atoms with Crippen LogP contribution in [-0.2, 0) is 0 Å².